The molecular formula is C29H31NO3S. The summed E-state index contributed by atoms with van der Waals surface area (Å²) in [5.74, 6) is 2.84. The van der Waals surface area contributed by atoms with E-state index in [1.54, 1.807) is 23.5 Å². The van der Waals surface area contributed by atoms with Crippen LogP contribution in [-0.4, -0.2) is 22.7 Å². The number of carboxylic acid groups (broad SMARTS) is 1. The molecule has 5 heteroatoms. The fraction of sp³-hybridized carbons (Fsp3) is 0.448. The zero-order valence-corrected chi connectivity index (χ0v) is 20.4. The van der Waals surface area contributed by atoms with E-state index in [0.717, 1.165) is 52.0 Å². The van der Waals surface area contributed by atoms with Gasteiger partial charge in [-0.25, -0.2) is 9.78 Å². The monoisotopic (exact) mass is 473 g/mol. The smallest absolute Gasteiger partial charge is 0.335 e. The van der Waals surface area contributed by atoms with E-state index in [1.165, 1.54) is 49.7 Å². The third-order valence-electron chi connectivity index (χ3n) is 8.22. The third-order valence-corrected chi connectivity index (χ3v) is 9.32. The van der Waals surface area contributed by atoms with E-state index in [-0.39, 0.29) is 5.41 Å². The molecule has 0 atom stereocenters. The van der Waals surface area contributed by atoms with Crippen LogP contribution in [0.15, 0.2) is 48.7 Å². The van der Waals surface area contributed by atoms with Crippen molar-refractivity contribution in [3.8, 4) is 26.8 Å². The van der Waals surface area contributed by atoms with Gasteiger partial charge in [-0.1, -0.05) is 19.1 Å². The molecule has 3 aromatic rings. The van der Waals surface area contributed by atoms with Crippen LogP contribution < -0.4 is 4.74 Å². The van der Waals surface area contributed by atoms with Gasteiger partial charge >= 0.3 is 5.97 Å². The normalized spacial score (nSPS) is 27.1. The van der Waals surface area contributed by atoms with Crippen molar-refractivity contribution in [3.63, 3.8) is 0 Å². The minimum absolute atomic E-state index is 0.272. The maximum absolute atomic E-state index is 11.2. The van der Waals surface area contributed by atoms with Gasteiger partial charge < -0.3 is 9.84 Å². The van der Waals surface area contributed by atoms with Gasteiger partial charge in [0.1, 0.15) is 10.8 Å². The maximum Gasteiger partial charge on any atom is 0.335 e. The molecule has 0 amide bonds. The number of nitrogens with zero attached hydrogens (tertiary/aromatic N) is 1. The van der Waals surface area contributed by atoms with Gasteiger partial charge in [-0.15, -0.1) is 11.3 Å². The highest BCUT2D eigenvalue weighted by Crippen LogP contribution is 2.62. The number of aromatic carboxylic acids is 1. The van der Waals surface area contributed by atoms with Crippen LogP contribution in [0.2, 0.25) is 0 Å². The number of ether oxygens (including phenoxy) is 1. The number of aromatic nitrogens is 1. The predicted octanol–water partition coefficient (Wildman–Crippen LogP) is 7.43. The van der Waals surface area contributed by atoms with Crippen LogP contribution in [0, 0.1) is 17.8 Å². The van der Waals surface area contributed by atoms with E-state index in [9.17, 15) is 4.79 Å². The van der Waals surface area contributed by atoms with Gasteiger partial charge in [0.2, 0.25) is 0 Å². The summed E-state index contributed by atoms with van der Waals surface area (Å²) in [7, 11) is 0. The highest BCUT2D eigenvalue weighted by Gasteiger charge is 2.52. The van der Waals surface area contributed by atoms with Crippen LogP contribution in [0.1, 0.15) is 67.8 Å². The minimum Gasteiger partial charge on any atom is -0.493 e. The van der Waals surface area contributed by atoms with E-state index in [2.05, 4.69) is 30.1 Å². The van der Waals surface area contributed by atoms with Crippen LogP contribution >= 0.6 is 11.3 Å². The molecule has 176 valence electrons. The molecule has 4 aliphatic carbocycles. The average molecular weight is 474 g/mol. The lowest BCUT2D eigenvalue weighted by atomic mass is 9.48. The summed E-state index contributed by atoms with van der Waals surface area (Å²) in [4.78, 5) is 17.0. The number of hydrogen-bond donors (Lipinski definition) is 1. The molecule has 7 rings (SSSR count). The lowest BCUT2D eigenvalue weighted by Crippen LogP contribution is -2.48. The fourth-order valence-electron chi connectivity index (χ4n) is 7.17. The predicted molar refractivity (Wildman–Crippen MR) is 136 cm³/mol. The quantitative estimate of drug-likeness (QED) is 0.387. The zero-order chi connectivity index (χ0) is 23.3. The molecule has 0 aliphatic heterocycles. The number of thiazole rings is 1. The van der Waals surface area contributed by atoms with Gasteiger partial charge in [-0.3, -0.25) is 0 Å². The zero-order valence-electron chi connectivity index (χ0n) is 19.6. The summed E-state index contributed by atoms with van der Waals surface area (Å²) in [5, 5.41) is 10.1. The summed E-state index contributed by atoms with van der Waals surface area (Å²) in [6.07, 6.45) is 11.2. The van der Waals surface area contributed by atoms with Crippen LogP contribution in [0.25, 0.3) is 21.0 Å². The molecule has 34 heavy (non-hydrogen) atoms. The third kappa shape index (κ3) is 3.84. The molecule has 1 N–H and O–H groups in total. The minimum atomic E-state index is -0.908. The first-order valence-corrected chi connectivity index (χ1v) is 13.4. The standard InChI is InChI=1S/C29H31NO3S/c1-2-9-33-25-8-7-23(13-24(25)29-14-18-10-19(15-29)12-20(11-18)16-29)26-17-30-27(34-26)21-3-5-22(6-4-21)28(31)32/h3-8,13,17-20H,2,9-12,14-16H2,1H3,(H,31,32). The van der Waals surface area contributed by atoms with Crippen LogP contribution in [0.3, 0.4) is 0 Å². The topological polar surface area (TPSA) is 59.4 Å². The molecule has 2 aromatic carbocycles. The second-order valence-electron chi connectivity index (χ2n) is 10.7. The van der Waals surface area contributed by atoms with Gasteiger partial charge in [0.15, 0.2) is 0 Å². The van der Waals surface area contributed by atoms with E-state index in [4.69, 9.17) is 9.84 Å². The molecule has 1 heterocycles. The van der Waals surface area contributed by atoms with E-state index in [1.807, 2.05) is 18.3 Å². The average Bonchev–Trinajstić information content (AvgIpc) is 3.32. The van der Waals surface area contributed by atoms with Gasteiger partial charge in [0, 0.05) is 17.3 Å². The van der Waals surface area contributed by atoms with Gasteiger partial charge in [-0.2, -0.15) is 0 Å². The Bertz CT molecular complexity index is 1180. The Morgan fingerprint density at radius 3 is 2.29 bits per heavy atom. The van der Waals surface area contributed by atoms with Crippen molar-refractivity contribution in [1.82, 2.24) is 4.98 Å². The first-order chi connectivity index (χ1) is 16.5. The van der Waals surface area contributed by atoms with E-state index < -0.39 is 5.97 Å². The molecule has 4 fully saturated rings. The molecule has 0 radical (unpaired) electrons. The van der Waals surface area contributed by atoms with Crippen molar-refractivity contribution < 1.29 is 14.6 Å². The molecule has 4 nitrogen and oxygen atoms in total. The first kappa shape index (κ1) is 21.8. The van der Waals surface area contributed by atoms with Gasteiger partial charge in [-0.05, 0) is 104 Å². The number of hydrogen-bond acceptors (Lipinski definition) is 4. The SMILES string of the molecule is CCCOc1ccc(-c2cnc(-c3ccc(C(=O)O)cc3)s2)cc1C12CC3CC(CC(C3)C1)C2. The summed E-state index contributed by atoms with van der Waals surface area (Å²) in [6.45, 7) is 2.93. The number of benzene rings is 2. The van der Waals surface area contributed by atoms with Crippen molar-refractivity contribution in [2.24, 2.45) is 17.8 Å². The van der Waals surface area contributed by atoms with Crippen LogP contribution in [0.5, 0.6) is 5.75 Å². The highest BCUT2D eigenvalue weighted by molar-refractivity contribution is 7.18. The van der Waals surface area contributed by atoms with Crippen molar-refractivity contribution in [2.75, 3.05) is 6.61 Å². The number of carbonyl (C=O) groups is 1. The summed E-state index contributed by atoms with van der Waals surface area (Å²) < 4.78 is 6.31. The molecular weight excluding hydrogens is 442 g/mol. The van der Waals surface area contributed by atoms with Crippen LogP contribution in [0.4, 0.5) is 0 Å². The van der Waals surface area contributed by atoms with Gasteiger partial charge in [0.25, 0.3) is 0 Å². The Labute approximate surface area is 205 Å². The molecule has 0 spiro atoms. The fourth-order valence-corrected chi connectivity index (χ4v) is 8.09. The molecule has 4 bridgehead atoms. The lowest BCUT2D eigenvalue weighted by molar-refractivity contribution is -0.00636. The Balaban J connectivity index is 1.35. The Kier molecular flexibility index (Phi) is 5.48. The lowest BCUT2D eigenvalue weighted by Gasteiger charge is -2.57. The Morgan fingerprint density at radius 2 is 1.68 bits per heavy atom. The summed E-state index contributed by atoms with van der Waals surface area (Å²) in [6, 6.07) is 13.7. The highest BCUT2D eigenvalue weighted by atomic mass is 32.1. The first-order valence-electron chi connectivity index (χ1n) is 12.6. The van der Waals surface area contributed by atoms with E-state index >= 15 is 0 Å². The van der Waals surface area contributed by atoms with Crippen molar-refractivity contribution in [2.45, 2.75) is 57.3 Å². The molecule has 1 aromatic heterocycles. The largest absolute Gasteiger partial charge is 0.493 e. The Hall–Kier alpha value is -2.66. The number of carboxylic acids is 1. The molecule has 4 saturated carbocycles. The summed E-state index contributed by atoms with van der Waals surface area (Å²) >= 11 is 1.66. The second-order valence-corrected chi connectivity index (χ2v) is 11.7. The van der Waals surface area contributed by atoms with Crippen molar-refractivity contribution in [1.29, 1.82) is 0 Å². The van der Waals surface area contributed by atoms with Crippen molar-refractivity contribution in [3.05, 3.63) is 59.8 Å². The molecule has 0 unspecified atom stereocenters. The van der Waals surface area contributed by atoms with Gasteiger partial charge in [0.05, 0.1) is 17.0 Å². The van der Waals surface area contributed by atoms with E-state index in [0.29, 0.717) is 5.56 Å². The second kappa shape index (κ2) is 8.53. The molecule has 4 aliphatic rings. The Morgan fingerprint density at radius 1 is 1.03 bits per heavy atom. The van der Waals surface area contributed by atoms with Crippen molar-refractivity contribution >= 4 is 17.3 Å². The molecule has 0 saturated heterocycles. The summed E-state index contributed by atoms with van der Waals surface area (Å²) in [5.41, 5.74) is 4.15. The van der Waals surface area contributed by atoms with Crippen LogP contribution in [-0.2, 0) is 5.41 Å². The number of rotatable bonds is 7. The maximum atomic E-state index is 11.2.